The normalized spacial score (nSPS) is 12.1. The molecule has 0 fully saturated rings. The molecule has 18 heteroatoms. The van der Waals surface area contributed by atoms with Crippen LogP contribution >= 0.6 is 0 Å². The molecule has 0 saturated heterocycles. The van der Waals surface area contributed by atoms with E-state index < -0.39 is 73.2 Å². The maximum atomic E-state index is 12.9. The van der Waals surface area contributed by atoms with Gasteiger partial charge in [0.2, 0.25) is 0 Å². The van der Waals surface area contributed by atoms with Crippen molar-refractivity contribution in [2.45, 2.75) is 24.7 Å². The smallest absolute Gasteiger partial charge is 0.395 e. The second kappa shape index (κ2) is 15.0. The van der Waals surface area contributed by atoms with Crippen molar-refractivity contribution >= 4 is 11.4 Å². The van der Waals surface area contributed by atoms with Crippen LogP contribution in [0.5, 0.6) is 0 Å². The summed E-state index contributed by atoms with van der Waals surface area (Å²) >= 11 is 0. The van der Waals surface area contributed by atoms with Gasteiger partial charge in [-0.1, -0.05) is 0 Å². The van der Waals surface area contributed by atoms with Gasteiger partial charge in [0.05, 0.1) is 47.6 Å². The van der Waals surface area contributed by atoms with Crippen molar-refractivity contribution in [2.75, 3.05) is 56.3 Å². The van der Waals surface area contributed by atoms with Gasteiger partial charge in [0, 0.05) is 31.6 Å². The Balaban J connectivity index is 0.000000430. The number of methoxy groups -OCH3 is 1. The van der Waals surface area contributed by atoms with Crippen molar-refractivity contribution in [3.8, 4) is 12.1 Å². The number of nitriles is 2. The second-order valence-corrected chi connectivity index (χ2v) is 8.47. The maximum Gasteiger partial charge on any atom is 0.417 e. The third-order valence-electron chi connectivity index (χ3n) is 5.26. The van der Waals surface area contributed by atoms with E-state index >= 15 is 0 Å². The SMILES string of the molecule is COCCN(CC(F)(F)F)c1ccc(C#N)c(C(F)(F)F)c1.N#Cc1ccc(N(CCO)CC(F)(F)F)cc1C(F)(F)F. The van der Waals surface area contributed by atoms with Crippen molar-refractivity contribution < 1.29 is 62.5 Å². The quantitative estimate of drug-likeness (QED) is 0.315. The first kappa shape index (κ1) is 37.1. The average molecular weight is 638 g/mol. The standard InChI is InChI=1S/C13H12F6N2O.C12H10F6N2O/c1-22-5-4-21(8-12(14,15)16)10-3-2-9(7-20)11(6-10)13(17,18)19;13-11(14,15)7-20(3-4-21)9-2-1-8(6-19)10(5-9)12(16,17)18/h2-3,6H,4-5,8H2,1H3;1-2,5,21H,3-4,7H2. The summed E-state index contributed by atoms with van der Waals surface area (Å²) in [5, 5.41) is 26.0. The molecule has 0 aliphatic carbocycles. The van der Waals surface area contributed by atoms with Crippen LogP contribution in [-0.4, -0.2) is 64.0 Å². The molecule has 1 N–H and O–H groups in total. The highest BCUT2D eigenvalue weighted by molar-refractivity contribution is 5.56. The van der Waals surface area contributed by atoms with E-state index in [1.807, 2.05) is 0 Å². The van der Waals surface area contributed by atoms with Crippen LogP contribution in [0.2, 0.25) is 0 Å². The Morgan fingerprint density at radius 2 is 1.05 bits per heavy atom. The van der Waals surface area contributed by atoms with Gasteiger partial charge in [-0.05, 0) is 36.4 Å². The molecule has 238 valence electrons. The summed E-state index contributed by atoms with van der Waals surface area (Å²) in [7, 11) is 1.27. The second-order valence-electron chi connectivity index (χ2n) is 8.47. The predicted octanol–water partition coefficient (Wildman–Crippen LogP) is 6.53. The van der Waals surface area contributed by atoms with Crippen LogP contribution in [0.1, 0.15) is 22.3 Å². The van der Waals surface area contributed by atoms with Gasteiger partial charge in [0.25, 0.3) is 0 Å². The molecule has 0 spiro atoms. The molecule has 0 heterocycles. The van der Waals surface area contributed by atoms with E-state index in [9.17, 15) is 52.7 Å². The van der Waals surface area contributed by atoms with Crippen molar-refractivity contribution in [1.29, 1.82) is 10.5 Å². The van der Waals surface area contributed by atoms with E-state index in [1.165, 1.54) is 19.2 Å². The molecule has 0 aliphatic heterocycles. The lowest BCUT2D eigenvalue weighted by Crippen LogP contribution is -2.36. The van der Waals surface area contributed by atoms with Gasteiger partial charge in [-0.25, -0.2) is 0 Å². The summed E-state index contributed by atoms with van der Waals surface area (Å²) in [6.45, 7) is -4.38. The van der Waals surface area contributed by atoms with Crippen molar-refractivity contribution in [3.05, 3.63) is 58.7 Å². The Hall–Kier alpha value is -3.90. The highest BCUT2D eigenvalue weighted by Gasteiger charge is 2.37. The van der Waals surface area contributed by atoms with Crippen LogP contribution in [-0.2, 0) is 17.1 Å². The molecule has 6 nitrogen and oxygen atoms in total. The van der Waals surface area contributed by atoms with Gasteiger partial charge in [0.1, 0.15) is 13.1 Å². The Labute approximate surface area is 236 Å². The monoisotopic (exact) mass is 638 g/mol. The molecule has 0 unspecified atom stereocenters. The third-order valence-corrected chi connectivity index (χ3v) is 5.26. The highest BCUT2D eigenvalue weighted by Crippen LogP contribution is 2.36. The van der Waals surface area contributed by atoms with E-state index in [4.69, 9.17) is 15.6 Å². The minimum atomic E-state index is -4.86. The Bertz CT molecular complexity index is 1280. The number of aliphatic hydroxyl groups excluding tert-OH is 1. The van der Waals surface area contributed by atoms with Crippen molar-refractivity contribution in [2.24, 2.45) is 0 Å². The molecular formula is C25H22F12N4O2. The first-order chi connectivity index (χ1) is 19.7. The number of halogens is 12. The van der Waals surface area contributed by atoms with Crippen LogP contribution in [0, 0.1) is 22.7 Å². The van der Waals surface area contributed by atoms with Gasteiger partial charge in [0.15, 0.2) is 0 Å². The van der Waals surface area contributed by atoms with E-state index in [1.54, 1.807) is 0 Å². The lowest BCUT2D eigenvalue weighted by Gasteiger charge is -2.26. The van der Waals surface area contributed by atoms with Gasteiger partial charge < -0.3 is 19.6 Å². The van der Waals surface area contributed by atoms with E-state index in [2.05, 4.69) is 4.74 Å². The number of anilines is 2. The zero-order valence-corrected chi connectivity index (χ0v) is 21.9. The van der Waals surface area contributed by atoms with E-state index in [0.717, 1.165) is 29.2 Å². The molecule has 2 aromatic carbocycles. The first-order valence-corrected chi connectivity index (χ1v) is 11.6. The fourth-order valence-corrected chi connectivity index (χ4v) is 3.48. The zero-order valence-electron chi connectivity index (χ0n) is 21.9. The number of benzene rings is 2. The Kier molecular flexibility index (Phi) is 13.0. The highest BCUT2D eigenvalue weighted by atomic mass is 19.4. The van der Waals surface area contributed by atoms with Crippen LogP contribution < -0.4 is 9.80 Å². The Morgan fingerprint density at radius 3 is 1.33 bits per heavy atom. The van der Waals surface area contributed by atoms with Gasteiger partial charge >= 0.3 is 24.7 Å². The predicted molar refractivity (Wildman–Crippen MR) is 128 cm³/mol. The topological polar surface area (TPSA) is 83.5 Å². The van der Waals surface area contributed by atoms with Gasteiger partial charge in [-0.2, -0.15) is 63.2 Å². The molecule has 0 aromatic heterocycles. The molecule has 0 radical (unpaired) electrons. The minimum Gasteiger partial charge on any atom is -0.395 e. The van der Waals surface area contributed by atoms with E-state index in [0.29, 0.717) is 17.0 Å². The Morgan fingerprint density at radius 1 is 0.674 bits per heavy atom. The van der Waals surface area contributed by atoms with Crippen LogP contribution in [0.15, 0.2) is 36.4 Å². The van der Waals surface area contributed by atoms with Gasteiger partial charge in [-0.3, -0.25) is 0 Å². The van der Waals surface area contributed by atoms with Crippen LogP contribution in [0.3, 0.4) is 0 Å². The summed E-state index contributed by atoms with van der Waals surface area (Å²) < 4.78 is 156. The fraction of sp³-hybridized carbons (Fsp3) is 0.440. The minimum absolute atomic E-state index is 0.0859. The number of aliphatic hydroxyl groups is 1. The summed E-state index contributed by atoms with van der Waals surface area (Å²) in [6.07, 6.45) is -18.9. The number of rotatable bonds is 9. The number of hydrogen-bond acceptors (Lipinski definition) is 6. The fourth-order valence-electron chi connectivity index (χ4n) is 3.48. The number of alkyl halides is 12. The lowest BCUT2D eigenvalue weighted by molar-refractivity contribution is -0.138. The molecule has 0 aliphatic rings. The van der Waals surface area contributed by atoms with Crippen molar-refractivity contribution in [3.63, 3.8) is 0 Å². The molecule has 2 aromatic rings. The maximum absolute atomic E-state index is 12.9. The molecule has 0 amide bonds. The molecule has 0 atom stereocenters. The molecular weight excluding hydrogens is 616 g/mol. The van der Waals surface area contributed by atoms with Crippen molar-refractivity contribution in [1.82, 2.24) is 0 Å². The first-order valence-electron chi connectivity index (χ1n) is 11.6. The molecule has 0 saturated carbocycles. The lowest BCUT2D eigenvalue weighted by atomic mass is 10.1. The average Bonchev–Trinajstić information content (AvgIpc) is 2.88. The summed E-state index contributed by atoms with van der Waals surface area (Å²) in [5.74, 6) is 0. The molecule has 0 bridgehead atoms. The van der Waals surface area contributed by atoms with E-state index in [-0.39, 0.29) is 24.5 Å². The summed E-state index contributed by atoms with van der Waals surface area (Å²) in [5.41, 5.74) is -4.55. The van der Waals surface area contributed by atoms with Crippen LogP contribution in [0.25, 0.3) is 0 Å². The molecule has 43 heavy (non-hydrogen) atoms. The largest absolute Gasteiger partial charge is 0.417 e. The molecule has 2 rings (SSSR count). The van der Waals surface area contributed by atoms with Gasteiger partial charge in [-0.15, -0.1) is 0 Å². The summed E-state index contributed by atoms with van der Waals surface area (Å²) in [4.78, 5) is 1.29. The number of nitrogens with zero attached hydrogens (tertiary/aromatic N) is 4. The zero-order chi connectivity index (χ0) is 33.2. The number of ether oxygens (including phenoxy) is 1. The third kappa shape index (κ3) is 12.5. The van der Waals surface area contributed by atoms with Crippen LogP contribution in [0.4, 0.5) is 64.1 Å². The number of hydrogen-bond donors (Lipinski definition) is 1. The summed E-state index contributed by atoms with van der Waals surface area (Å²) in [6, 6.07) is 7.42.